The Morgan fingerprint density at radius 1 is 1.05 bits per heavy atom. The molecule has 110 valence electrons. The predicted molar refractivity (Wildman–Crippen MR) is 89.9 cm³/mol. The van der Waals surface area contributed by atoms with Crippen molar-refractivity contribution in [3.05, 3.63) is 59.1 Å². The van der Waals surface area contributed by atoms with Crippen LogP contribution in [0, 0.1) is 0 Å². The minimum Gasteiger partial charge on any atom is -0.397 e. The zero-order valence-electron chi connectivity index (χ0n) is 12.2. The van der Waals surface area contributed by atoms with Crippen molar-refractivity contribution in [2.75, 3.05) is 37.3 Å². The van der Waals surface area contributed by atoms with Crippen LogP contribution in [0.4, 0.5) is 11.4 Å². The van der Waals surface area contributed by atoms with Gasteiger partial charge < -0.3 is 15.5 Å². The Balaban J connectivity index is 2.02. The van der Waals surface area contributed by atoms with Crippen LogP contribution < -0.4 is 10.6 Å². The summed E-state index contributed by atoms with van der Waals surface area (Å²) in [5.74, 6) is 0. The number of hydrogen-bond donors (Lipinski definition) is 1. The van der Waals surface area contributed by atoms with Crippen LogP contribution in [0.2, 0.25) is 5.02 Å². The second kappa shape index (κ2) is 5.96. The van der Waals surface area contributed by atoms with Crippen molar-refractivity contribution >= 4 is 23.0 Å². The highest BCUT2D eigenvalue weighted by Gasteiger charge is 2.29. The molecule has 0 aliphatic carbocycles. The number of nitrogens with zero attached hydrogens (tertiary/aromatic N) is 2. The van der Waals surface area contributed by atoms with Gasteiger partial charge in [0.15, 0.2) is 0 Å². The van der Waals surface area contributed by atoms with E-state index >= 15 is 0 Å². The minimum atomic E-state index is 0.271. The van der Waals surface area contributed by atoms with Crippen molar-refractivity contribution in [3.63, 3.8) is 0 Å². The van der Waals surface area contributed by atoms with E-state index in [2.05, 4.69) is 41.1 Å². The van der Waals surface area contributed by atoms with Crippen LogP contribution in [0.15, 0.2) is 48.5 Å². The fourth-order valence-electron chi connectivity index (χ4n) is 2.98. The highest BCUT2D eigenvalue weighted by atomic mass is 35.5. The van der Waals surface area contributed by atoms with Gasteiger partial charge in [0.25, 0.3) is 0 Å². The first-order valence-electron chi connectivity index (χ1n) is 7.21. The summed E-state index contributed by atoms with van der Waals surface area (Å²) in [6.07, 6.45) is 0. The summed E-state index contributed by atoms with van der Waals surface area (Å²) in [6, 6.07) is 16.5. The average molecular weight is 302 g/mol. The van der Waals surface area contributed by atoms with Gasteiger partial charge in [-0.3, -0.25) is 0 Å². The van der Waals surface area contributed by atoms with Gasteiger partial charge in [-0.25, -0.2) is 0 Å². The molecule has 0 spiro atoms. The molecule has 1 aliphatic heterocycles. The van der Waals surface area contributed by atoms with Crippen molar-refractivity contribution in [1.82, 2.24) is 4.90 Å². The van der Waals surface area contributed by atoms with Crippen LogP contribution in [0.3, 0.4) is 0 Å². The van der Waals surface area contributed by atoms with E-state index in [4.69, 9.17) is 17.3 Å². The molecular weight excluding hydrogens is 282 g/mol. The maximum atomic E-state index is 6.42. The summed E-state index contributed by atoms with van der Waals surface area (Å²) >= 11 is 6.42. The van der Waals surface area contributed by atoms with Gasteiger partial charge in [0.2, 0.25) is 0 Å². The molecule has 1 aliphatic rings. The molecule has 1 saturated heterocycles. The molecule has 3 rings (SSSR count). The van der Waals surface area contributed by atoms with Crippen molar-refractivity contribution in [2.45, 2.75) is 6.04 Å². The molecule has 21 heavy (non-hydrogen) atoms. The smallest absolute Gasteiger partial charge is 0.0795 e. The van der Waals surface area contributed by atoms with Crippen LogP contribution in [0.25, 0.3) is 0 Å². The van der Waals surface area contributed by atoms with Gasteiger partial charge in [0, 0.05) is 19.6 Å². The van der Waals surface area contributed by atoms with Crippen LogP contribution in [0.1, 0.15) is 11.6 Å². The molecule has 0 bridgehead atoms. The summed E-state index contributed by atoms with van der Waals surface area (Å²) in [5, 5.41) is 0.723. The lowest BCUT2D eigenvalue weighted by molar-refractivity contribution is 0.269. The van der Waals surface area contributed by atoms with Crippen LogP contribution in [0.5, 0.6) is 0 Å². The standard InChI is InChI=1S/C17H20ClN3/c1-20-10-11-21(17-14(18)8-5-9-15(17)19)16(12-20)13-6-3-2-4-7-13/h2-9,16H,10-12,19H2,1H3. The summed E-state index contributed by atoms with van der Waals surface area (Å²) < 4.78 is 0. The lowest BCUT2D eigenvalue weighted by Gasteiger charge is -2.42. The van der Waals surface area contributed by atoms with Crippen molar-refractivity contribution in [1.29, 1.82) is 0 Å². The Hall–Kier alpha value is -1.71. The first-order chi connectivity index (χ1) is 10.2. The Kier molecular flexibility index (Phi) is 4.04. The van der Waals surface area contributed by atoms with E-state index in [9.17, 15) is 0 Å². The van der Waals surface area contributed by atoms with E-state index in [1.807, 2.05) is 24.3 Å². The number of hydrogen-bond acceptors (Lipinski definition) is 3. The number of anilines is 2. The van der Waals surface area contributed by atoms with Crippen LogP contribution in [-0.4, -0.2) is 31.6 Å². The second-order valence-corrected chi connectivity index (χ2v) is 5.97. The third-order valence-electron chi connectivity index (χ3n) is 4.07. The van der Waals surface area contributed by atoms with Crippen molar-refractivity contribution in [2.24, 2.45) is 0 Å². The van der Waals surface area contributed by atoms with E-state index < -0.39 is 0 Å². The lowest BCUT2D eigenvalue weighted by atomic mass is 10.0. The molecule has 3 nitrogen and oxygen atoms in total. The average Bonchev–Trinajstić information content (AvgIpc) is 2.49. The Morgan fingerprint density at radius 3 is 2.52 bits per heavy atom. The van der Waals surface area contributed by atoms with Crippen LogP contribution in [-0.2, 0) is 0 Å². The summed E-state index contributed by atoms with van der Waals surface area (Å²) in [5.41, 5.74) is 9.19. The van der Waals surface area contributed by atoms with Gasteiger partial charge in [-0.05, 0) is 24.7 Å². The molecule has 2 N–H and O–H groups in total. The highest BCUT2D eigenvalue weighted by Crippen LogP contribution is 2.38. The topological polar surface area (TPSA) is 32.5 Å². The van der Waals surface area contributed by atoms with E-state index in [1.165, 1.54) is 5.56 Å². The quantitative estimate of drug-likeness (QED) is 0.863. The SMILES string of the molecule is CN1CCN(c2c(N)cccc2Cl)C(c2ccccc2)C1. The number of nitrogens with two attached hydrogens (primary N) is 1. The summed E-state index contributed by atoms with van der Waals surface area (Å²) in [7, 11) is 2.16. The molecule has 1 heterocycles. The van der Waals surface area contributed by atoms with Gasteiger partial charge in [-0.2, -0.15) is 0 Å². The minimum absolute atomic E-state index is 0.271. The Morgan fingerprint density at radius 2 is 1.81 bits per heavy atom. The van der Waals surface area contributed by atoms with Crippen molar-refractivity contribution < 1.29 is 0 Å². The van der Waals surface area contributed by atoms with Crippen LogP contribution >= 0.6 is 11.6 Å². The monoisotopic (exact) mass is 301 g/mol. The van der Waals surface area contributed by atoms with E-state index in [1.54, 1.807) is 0 Å². The molecule has 1 unspecified atom stereocenters. The predicted octanol–water partition coefficient (Wildman–Crippen LogP) is 3.42. The zero-order valence-corrected chi connectivity index (χ0v) is 12.9. The normalized spacial score (nSPS) is 19.7. The number of para-hydroxylation sites is 1. The molecule has 0 saturated carbocycles. The zero-order chi connectivity index (χ0) is 14.8. The number of rotatable bonds is 2. The highest BCUT2D eigenvalue weighted by molar-refractivity contribution is 6.34. The number of benzene rings is 2. The molecular formula is C17H20ClN3. The number of nitrogen functional groups attached to an aromatic ring is 1. The van der Waals surface area contributed by atoms with Gasteiger partial charge in [0.05, 0.1) is 22.4 Å². The fourth-order valence-corrected chi connectivity index (χ4v) is 3.27. The molecule has 1 fully saturated rings. The Labute approximate surface area is 130 Å². The first kappa shape index (κ1) is 14.2. The third kappa shape index (κ3) is 2.85. The second-order valence-electron chi connectivity index (χ2n) is 5.56. The van der Waals surface area contributed by atoms with Gasteiger partial charge in [-0.1, -0.05) is 48.0 Å². The van der Waals surface area contributed by atoms with Gasteiger partial charge in [0.1, 0.15) is 0 Å². The maximum absolute atomic E-state index is 6.42. The van der Waals surface area contributed by atoms with Crippen molar-refractivity contribution in [3.8, 4) is 0 Å². The van der Waals surface area contributed by atoms with Gasteiger partial charge >= 0.3 is 0 Å². The molecule has 2 aromatic rings. The van der Waals surface area contributed by atoms with E-state index in [0.29, 0.717) is 0 Å². The summed E-state index contributed by atoms with van der Waals surface area (Å²) in [6.45, 7) is 2.90. The number of likely N-dealkylation sites (N-methyl/N-ethyl adjacent to an activating group) is 1. The molecule has 1 atom stereocenters. The number of piperazine rings is 1. The van der Waals surface area contributed by atoms with Gasteiger partial charge in [-0.15, -0.1) is 0 Å². The molecule has 0 radical (unpaired) electrons. The van der Waals surface area contributed by atoms with E-state index in [-0.39, 0.29) is 6.04 Å². The number of halogens is 1. The first-order valence-corrected chi connectivity index (χ1v) is 7.58. The molecule has 4 heteroatoms. The summed E-state index contributed by atoms with van der Waals surface area (Å²) in [4.78, 5) is 4.69. The molecule has 0 amide bonds. The lowest BCUT2D eigenvalue weighted by Crippen LogP contribution is -2.47. The molecule has 0 aromatic heterocycles. The maximum Gasteiger partial charge on any atom is 0.0795 e. The molecule has 2 aromatic carbocycles. The van der Waals surface area contributed by atoms with E-state index in [0.717, 1.165) is 36.0 Å². The fraction of sp³-hybridized carbons (Fsp3) is 0.294. The largest absolute Gasteiger partial charge is 0.397 e. The Bertz CT molecular complexity index is 594. The third-order valence-corrected chi connectivity index (χ3v) is 4.38.